The van der Waals surface area contributed by atoms with Crippen LogP contribution in [0, 0.1) is 12.7 Å². The lowest BCUT2D eigenvalue weighted by molar-refractivity contribution is 0.0955. The highest BCUT2D eigenvalue weighted by Gasteiger charge is 2.20. The van der Waals surface area contributed by atoms with Gasteiger partial charge in [0.25, 0.3) is 11.6 Å². The Labute approximate surface area is 177 Å². The summed E-state index contributed by atoms with van der Waals surface area (Å²) in [6, 6.07) is 15.9. The molecule has 0 unspecified atom stereocenters. The number of carbonyl (C=O) groups excluding carboxylic acids is 1. The van der Waals surface area contributed by atoms with Crippen LogP contribution in [0.25, 0.3) is 33.3 Å². The lowest BCUT2D eigenvalue weighted by atomic mass is 10.0. The highest BCUT2D eigenvalue weighted by Crippen LogP contribution is 2.28. The van der Waals surface area contributed by atoms with Gasteiger partial charge in [-0.05, 0) is 43.2 Å². The third kappa shape index (κ3) is 3.44. The molecule has 5 aromatic rings. The van der Waals surface area contributed by atoms with Crippen LogP contribution in [0.5, 0.6) is 0 Å². The van der Waals surface area contributed by atoms with Gasteiger partial charge in [0.1, 0.15) is 5.82 Å². The van der Waals surface area contributed by atoms with Gasteiger partial charge in [0, 0.05) is 29.2 Å². The average Bonchev–Trinajstić information content (AvgIpc) is 3.37. The third-order valence-corrected chi connectivity index (χ3v) is 5.37. The first-order valence-electron chi connectivity index (χ1n) is 9.97. The molecule has 0 aliphatic carbocycles. The lowest BCUT2D eigenvalue weighted by Crippen LogP contribution is -2.26. The lowest BCUT2D eigenvalue weighted by Gasteiger charge is -2.09. The minimum atomic E-state index is -0.420. The van der Waals surface area contributed by atoms with E-state index in [0.29, 0.717) is 40.9 Å². The molecule has 2 aromatic carbocycles. The van der Waals surface area contributed by atoms with Crippen LogP contribution in [0.2, 0.25) is 0 Å². The van der Waals surface area contributed by atoms with Gasteiger partial charge in [-0.15, -0.1) is 0 Å². The Bertz CT molecular complexity index is 1420. The molecule has 0 saturated carbocycles. The van der Waals surface area contributed by atoms with E-state index in [-0.39, 0.29) is 11.6 Å². The van der Waals surface area contributed by atoms with Crippen molar-refractivity contribution in [1.82, 2.24) is 20.4 Å². The zero-order valence-corrected chi connectivity index (χ0v) is 16.8. The molecule has 0 saturated heterocycles. The fourth-order valence-corrected chi connectivity index (χ4v) is 3.83. The molecule has 0 spiro atoms. The van der Waals surface area contributed by atoms with Gasteiger partial charge in [0.05, 0.1) is 22.3 Å². The summed E-state index contributed by atoms with van der Waals surface area (Å²) in [5.41, 5.74) is 3.94. The molecule has 2 N–H and O–H groups in total. The number of hydrogen-bond donors (Lipinski definition) is 2. The second-order valence-corrected chi connectivity index (χ2v) is 7.35. The van der Waals surface area contributed by atoms with Gasteiger partial charge in [-0.2, -0.15) is 0 Å². The number of nitrogens with one attached hydrogen (secondary N) is 2. The molecule has 154 valence electrons. The van der Waals surface area contributed by atoms with Crippen molar-refractivity contribution < 1.29 is 13.7 Å². The number of aromatic nitrogens is 3. The zero-order valence-electron chi connectivity index (χ0n) is 16.8. The molecule has 0 fully saturated rings. The van der Waals surface area contributed by atoms with Crippen LogP contribution < -0.4 is 5.32 Å². The van der Waals surface area contributed by atoms with E-state index < -0.39 is 5.82 Å². The molecular formula is C24H19FN4O2. The van der Waals surface area contributed by atoms with Crippen LogP contribution in [0.15, 0.2) is 65.3 Å². The molecule has 1 amide bonds. The summed E-state index contributed by atoms with van der Waals surface area (Å²) >= 11 is 0. The van der Waals surface area contributed by atoms with Crippen LogP contribution in [0.4, 0.5) is 4.39 Å². The van der Waals surface area contributed by atoms with E-state index in [1.165, 1.54) is 6.07 Å². The van der Waals surface area contributed by atoms with Crippen molar-refractivity contribution in [3.8, 4) is 11.3 Å². The standard InChI is InChI=1S/C24H19FN4O2/c1-14-22-18(12-21(28-24(22)31-29-14)17-7-2-4-8-19(17)25)23(30)26-11-10-15-13-27-20-9-5-3-6-16(15)20/h2-9,12-13,27H,10-11H2,1H3,(H,26,30). The van der Waals surface area contributed by atoms with Gasteiger partial charge in [-0.1, -0.05) is 35.5 Å². The van der Waals surface area contributed by atoms with E-state index in [1.54, 1.807) is 31.2 Å². The highest BCUT2D eigenvalue weighted by molar-refractivity contribution is 6.07. The Balaban J connectivity index is 1.43. The summed E-state index contributed by atoms with van der Waals surface area (Å²) < 4.78 is 19.6. The Morgan fingerprint density at radius 1 is 1.16 bits per heavy atom. The maximum atomic E-state index is 14.3. The number of pyridine rings is 1. The summed E-state index contributed by atoms with van der Waals surface area (Å²) in [7, 11) is 0. The molecule has 7 heteroatoms. The number of hydrogen-bond acceptors (Lipinski definition) is 4. The summed E-state index contributed by atoms with van der Waals surface area (Å²) in [4.78, 5) is 20.7. The number of fused-ring (bicyclic) bond motifs is 2. The smallest absolute Gasteiger partial charge is 0.259 e. The van der Waals surface area contributed by atoms with Crippen molar-refractivity contribution >= 4 is 27.9 Å². The minimum Gasteiger partial charge on any atom is -0.361 e. The third-order valence-electron chi connectivity index (χ3n) is 5.37. The number of para-hydroxylation sites is 1. The molecule has 0 bridgehead atoms. The quantitative estimate of drug-likeness (QED) is 0.433. The maximum Gasteiger partial charge on any atom is 0.259 e. The molecule has 6 nitrogen and oxygen atoms in total. The second kappa shape index (κ2) is 7.68. The number of halogens is 1. The molecule has 5 rings (SSSR count). The first-order valence-corrected chi connectivity index (χ1v) is 9.97. The zero-order chi connectivity index (χ0) is 21.4. The number of benzene rings is 2. The minimum absolute atomic E-state index is 0.208. The molecule has 0 radical (unpaired) electrons. The van der Waals surface area contributed by atoms with Crippen molar-refractivity contribution in [1.29, 1.82) is 0 Å². The van der Waals surface area contributed by atoms with E-state index in [9.17, 15) is 9.18 Å². The average molecular weight is 414 g/mol. The van der Waals surface area contributed by atoms with E-state index in [1.807, 2.05) is 24.4 Å². The Morgan fingerprint density at radius 2 is 1.97 bits per heavy atom. The number of amides is 1. The molecular weight excluding hydrogens is 395 g/mol. The predicted molar refractivity (Wildman–Crippen MR) is 116 cm³/mol. The van der Waals surface area contributed by atoms with E-state index in [0.717, 1.165) is 16.5 Å². The fraction of sp³-hybridized carbons (Fsp3) is 0.125. The van der Waals surface area contributed by atoms with E-state index in [4.69, 9.17) is 4.52 Å². The highest BCUT2D eigenvalue weighted by atomic mass is 19.1. The number of H-pyrrole nitrogens is 1. The van der Waals surface area contributed by atoms with Gasteiger partial charge in [-0.25, -0.2) is 9.37 Å². The molecule has 0 aliphatic rings. The number of carbonyl (C=O) groups is 1. The van der Waals surface area contributed by atoms with Gasteiger partial charge < -0.3 is 14.8 Å². The van der Waals surface area contributed by atoms with Crippen LogP contribution in [-0.4, -0.2) is 27.6 Å². The van der Waals surface area contributed by atoms with Gasteiger partial charge >= 0.3 is 0 Å². The fourth-order valence-electron chi connectivity index (χ4n) is 3.83. The van der Waals surface area contributed by atoms with Crippen molar-refractivity contribution in [2.45, 2.75) is 13.3 Å². The Hall–Kier alpha value is -4.00. The summed E-state index contributed by atoms with van der Waals surface area (Å²) in [6.07, 6.45) is 2.63. The topological polar surface area (TPSA) is 83.8 Å². The number of aryl methyl sites for hydroxylation is 1. The molecule has 0 aliphatic heterocycles. The Kier molecular flexibility index (Phi) is 4.71. The van der Waals surface area contributed by atoms with E-state index >= 15 is 0 Å². The first kappa shape index (κ1) is 19.0. The SMILES string of the molecule is Cc1noc2nc(-c3ccccc3F)cc(C(=O)NCCc3c[nH]c4ccccc34)c12. The van der Waals surface area contributed by atoms with Gasteiger partial charge in [0.15, 0.2) is 0 Å². The van der Waals surface area contributed by atoms with Crippen LogP contribution in [-0.2, 0) is 6.42 Å². The molecule has 3 heterocycles. The number of aromatic amines is 1. The van der Waals surface area contributed by atoms with Crippen LogP contribution >= 0.6 is 0 Å². The van der Waals surface area contributed by atoms with Crippen molar-refractivity contribution in [2.75, 3.05) is 6.54 Å². The summed E-state index contributed by atoms with van der Waals surface area (Å²) in [6.45, 7) is 2.20. The molecule has 3 aromatic heterocycles. The van der Waals surface area contributed by atoms with Crippen LogP contribution in [0.3, 0.4) is 0 Å². The van der Waals surface area contributed by atoms with E-state index in [2.05, 4.69) is 26.5 Å². The largest absolute Gasteiger partial charge is 0.361 e. The number of rotatable bonds is 5. The second-order valence-electron chi connectivity index (χ2n) is 7.35. The van der Waals surface area contributed by atoms with Gasteiger partial charge in [0.2, 0.25) is 0 Å². The first-order chi connectivity index (χ1) is 15.1. The monoisotopic (exact) mass is 414 g/mol. The number of nitrogens with zero attached hydrogens (tertiary/aromatic N) is 2. The Morgan fingerprint density at radius 3 is 2.84 bits per heavy atom. The van der Waals surface area contributed by atoms with Crippen molar-refractivity contribution in [3.63, 3.8) is 0 Å². The normalized spacial score (nSPS) is 11.3. The van der Waals surface area contributed by atoms with Crippen LogP contribution in [0.1, 0.15) is 21.6 Å². The molecule has 0 atom stereocenters. The predicted octanol–water partition coefficient (Wildman–Crippen LogP) is 4.79. The summed E-state index contributed by atoms with van der Waals surface area (Å²) in [5, 5.41) is 8.57. The van der Waals surface area contributed by atoms with Crippen molar-refractivity contribution in [3.05, 3.63) is 83.4 Å². The maximum absolute atomic E-state index is 14.3. The van der Waals surface area contributed by atoms with Gasteiger partial charge in [-0.3, -0.25) is 4.79 Å². The molecule has 31 heavy (non-hydrogen) atoms. The van der Waals surface area contributed by atoms with Crippen molar-refractivity contribution in [2.24, 2.45) is 0 Å². The summed E-state index contributed by atoms with van der Waals surface area (Å²) in [5.74, 6) is -0.701.